The van der Waals surface area contributed by atoms with Crippen molar-refractivity contribution < 1.29 is 19.1 Å². The van der Waals surface area contributed by atoms with Gasteiger partial charge in [-0.25, -0.2) is 4.79 Å². The summed E-state index contributed by atoms with van der Waals surface area (Å²) in [5, 5.41) is 13.0. The number of thioether (sulfide) groups is 1. The van der Waals surface area contributed by atoms with Gasteiger partial charge in [-0.2, -0.15) is 0 Å². The average Bonchev–Trinajstić information content (AvgIpc) is 3.37. The molecule has 0 spiro atoms. The van der Waals surface area contributed by atoms with Crippen LogP contribution in [0.3, 0.4) is 0 Å². The van der Waals surface area contributed by atoms with E-state index in [4.69, 9.17) is 21.1 Å². The minimum absolute atomic E-state index is 0.107. The van der Waals surface area contributed by atoms with Crippen LogP contribution in [-0.4, -0.2) is 39.0 Å². The van der Waals surface area contributed by atoms with Crippen LogP contribution >= 0.6 is 34.7 Å². The minimum atomic E-state index is -0.451. The second-order valence-corrected chi connectivity index (χ2v) is 10.0. The van der Waals surface area contributed by atoms with Crippen LogP contribution in [0, 0.1) is 13.8 Å². The van der Waals surface area contributed by atoms with Crippen LogP contribution in [0.25, 0.3) is 0 Å². The molecule has 2 aromatic heterocycles. The van der Waals surface area contributed by atoms with Gasteiger partial charge in [0.15, 0.2) is 17.1 Å². The minimum Gasteiger partial charge on any atom is -0.481 e. The third-order valence-corrected chi connectivity index (χ3v) is 7.00. The zero-order valence-corrected chi connectivity index (χ0v) is 22.1. The Hall–Kier alpha value is -2.56. The molecule has 8 nitrogen and oxygen atoms in total. The lowest BCUT2D eigenvalue weighted by atomic mass is 10.2. The van der Waals surface area contributed by atoms with Gasteiger partial charge >= 0.3 is 5.97 Å². The number of hydrogen-bond acceptors (Lipinski definition) is 8. The molecule has 3 aromatic rings. The smallest absolute Gasteiger partial charge is 0.341 e. The molecular formula is C23H27ClN4O4S2. The third-order valence-electron chi connectivity index (χ3n) is 4.75. The topological polar surface area (TPSA) is 95.3 Å². The number of nitrogens with one attached hydrogen (secondary N) is 1. The monoisotopic (exact) mass is 522 g/mol. The van der Waals surface area contributed by atoms with Crippen LogP contribution in [0.1, 0.15) is 53.5 Å². The molecule has 1 N–H and O–H groups in total. The van der Waals surface area contributed by atoms with Crippen LogP contribution in [0.4, 0.5) is 5.00 Å². The average molecular weight is 523 g/mol. The van der Waals surface area contributed by atoms with Crippen molar-refractivity contribution in [2.24, 2.45) is 0 Å². The van der Waals surface area contributed by atoms with Crippen molar-refractivity contribution in [3.8, 4) is 5.75 Å². The summed E-state index contributed by atoms with van der Waals surface area (Å²) in [5.74, 6) is 0.628. The molecule has 182 valence electrons. The summed E-state index contributed by atoms with van der Waals surface area (Å²) in [4.78, 5) is 25.7. The summed E-state index contributed by atoms with van der Waals surface area (Å²) in [6.07, 6.45) is -0.392. The number of ether oxygens (including phenoxy) is 2. The van der Waals surface area contributed by atoms with Crippen molar-refractivity contribution in [3.63, 3.8) is 0 Å². The Kier molecular flexibility index (Phi) is 8.98. The van der Waals surface area contributed by atoms with Gasteiger partial charge in [-0.1, -0.05) is 29.4 Å². The van der Waals surface area contributed by atoms with Crippen LogP contribution in [0.15, 0.2) is 29.4 Å². The maximum absolute atomic E-state index is 12.6. The molecule has 0 saturated carbocycles. The van der Waals surface area contributed by atoms with E-state index in [9.17, 15) is 9.59 Å². The van der Waals surface area contributed by atoms with Gasteiger partial charge in [0.2, 0.25) is 5.91 Å². The van der Waals surface area contributed by atoms with Crippen LogP contribution < -0.4 is 10.1 Å². The summed E-state index contributed by atoms with van der Waals surface area (Å²) < 4.78 is 13.0. The SMILES string of the molecule is CCOC(=O)c1cc(C)sc1NC(=O)CSc1nnc(C(C)Oc2cc(C)ccc2Cl)n1CC. The Bertz CT molecular complexity index is 1180. The number of halogens is 1. The number of benzene rings is 1. The Labute approximate surface area is 212 Å². The Morgan fingerprint density at radius 3 is 2.71 bits per heavy atom. The summed E-state index contributed by atoms with van der Waals surface area (Å²) in [5.41, 5.74) is 1.40. The van der Waals surface area contributed by atoms with Crippen molar-refractivity contribution >= 4 is 51.6 Å². The Balaban J connectivity index is 1.66. The number of aromatic nitrogens is 3. The maximum Gasteiger partial charge on any atom is 0.341 e. The van der Waals surface area contributed by atoms with E-state index in [2.05, 4.69) is 15.5 Å². The Morgan fingerprint density at radius 2 is 2.00 bits per heavy atom. The van der Waals surface area contributed by atoms with Crippen molar-refractivity contribution in [1.82, 2.24) is 14.8 Å². The number of amides is 1. The lowest BCUT2D eigenvalue weighted by molar-refractivity contribution is -0.113. The molecule has 11 heteroatoms. The summed E-state index contributed by atoms with van der Waals surface area (Å²) in [6, 6.07) is 7.31. The van der Waals surface area contributed by atoms with Gasteiger partial charge in [-0.05, 0) is 58.4 Å². The molecule has 1 atom stereocenters. The van der Waals surface area contributed by atoms with Gasteiger partial charge < -0.3 is 19.4 Å². The van der Waals surface area contributed by atoms with E-state index in [-0.39, 0.29) is 18.3 Å². The summed E-state index contributed by atoms with van der Waals surface area (Å²) in [6.45, 7) is 10.3. The second-order valence-electron chi connectivity index (χ2n) is 7.44. The van der Waals surface area contributed by atoms with Crippen molar-refractivity contribution in [1.29, 1.82) is 0 Å². The fraction of sp³-hybridized carbons (Fsp3) is 0.391. The van der Waals surface area contributed by atoms with Crippen LogP contribution in [0.2, 0.25) is 5.02 Å². The third kappa shape index (κ3) is 6.31. The predicted octanol–water partition coefficient (Wildman–Crippen LogP) is 5.68. The molecule has 0 aliphatic rings. The van der Waals surface area contributed by atoms with Crippen molar-refractivity contribution in [2.75, 3.05) is 17.7 Å². The quantitative estimate of drug-likeness (QED) is 0.270. The van der Waals surface area contributed by atoms with E-state index in [1.807, 2.05) is 44.4 Å². The molecule has 3 rings (SSSR count). The number of hydrogen-bond donors (Lipinski definition) is 1. The molecule has 0 aliphatic heterocycles. The highest BCUT2D eigenvalue weighted by Gasteiger charge is 2.22. The van der Waals surface area contributed by atoms with E-state index >= 15 is 0 Å². The Morgan fingerprint density at radius 1 is 1.24 bits per heavy atom. The van der Waals surface area contributed by atoms with E-state index in [1.165, 1.54) is 23.1 Å². The first-order chi connectivity index (χ1) is 16.2. The molecule has 0 fully saturated rings. The van der Waals surface area contributed by atoms with E-state index in [1.54, 1.807) is 19.1 Å². The number of carbonyl (C=O) groups excluding carboxylic acids is 2. The first-order valence-corrected chi connectivity index (χ1v) is 13.0. The number of rotatable bonds is 10. The molecule has 2 heterocycles. The molecule has 34 heavy (non-hydrogen) atoms. The summed E-state index contributed by atoms with van der Waals surface area (Å²) >= 11 is 8.86. The lowest BCUT2D eigenvalue weighted by Crippen LogP contribution is -2.17. The van der Waals surface area contributed by atoms with E-state index in [0.717, 1.165) is 10.4 Å². The lowest BCUT2D eigenvalue weighted by Gasteiger charge is -2.16. The summed E-state index contributed by atoms with van der Waals surface area (Å²) in [7, 11) is 0. The number of nitrogens with zero attached hydrogens (tertiary/aromatic N) is 3. The van der Waals surface area contributed by atoms with E-state index in [0.29, 0.717) is 38.9 Å². The van der Waals surface area contributed by atoms with Gasteiger partial charge in [-0.3, -0.25) is 4.79 Å². The molecule has 1 amide bonds. The van der Waals surface area contributed by atoms with Gasteiger partial charge in [-0.15, -0.1) is 21.5 Å². The van der Waals surface area contributed by atoms with Crippen LogP contribution in [-0.2, 0) is 16.1 Å². The molecule has 0 aliphatic carbocycles. The standard InChI is InChI=1S/C23H27ClN4O4S2/c1-6-28-20(15(5)32-18-10-13(3)8-9-17(18)24)26-27-23(28)33-12-19(29)25-21-16(11-14(4)34-21)22(30)31-7-2/h8-11,15H,6-7,12H2,1-5H3,(H,25,29). The van der Waals surface area contributed by atoms with Gasteiger partial charge in [0.25, 0.3) is 0 Å². The fourth-order valence-electron chi connectivity index (χ4n) is 3.21. The second kappa shape index (κ2) is 11.7. The molecule has 0 saturated heterocycles. The first-order valence-electron chi connectivity index (χ1n) is 10.8. The molecule has 1 aromatic carbocycles. The van der Waals surface area contributed by atoms with Crippen molar-refractivity contribution in [3.05, 3.63) is 51.1 Å². The number of esters is 1. The molecular weight excluding hydrogens is 496 g/mol. The zero-order chi connectivity index (χ0) is 24.8. The number of anilines is 1. The number of thiophene rings is 1. The highest BCUT2D eigenvalue weighted by molar-refractivity contribution is 7.99. The van der Waals surface area contributed by atoms with E-state index < -0.39 is 12.1 Å². The zero-order valence-electron chi connectivity index (χ0n) is 19.7. The molecule has 1 unspecified atom stereocenters. The largest absolute Gasteiger partial charge is 0.481 e. The number of carbonyl (C=O) groups is 2. The maximum atomic E-state index is 12.6. The van der Waals surface area contributed by atoms with Gasteiger partial charge in [0.05, 0.1) is 22.9 Å². The first kappa shape index (κ1) is 26.1. The normalized spacial score (nSPS) is 11.8. The van der Waals surface area contributed by atoms with Crippen LogP contribution in [0.5, 0.6) is 5.75 Å². The fourth-order valence-corrected chi connectivity index (χ4v) is 5.10. The molecule has 0 radical (unpaired) electrons. The van der Waals surface area contributed by atoms with Gasteiger partial charge in [0, 0.05) is 11.4 Å². The highest BCUT2D eigenvalue weighted by Crippen LogP contribution is 2.31. The predicted molar refractivity (Wildman–Crippen MR) is 135 cm³/mol. The number of aryl methyl sites for hydroxylation is 2. The van der Waals surface area contributed by atoms with Gasteiger partial charge in [0.1, 0.15) is 10.8 Å². The van der Waals surface area contributed by atoms with Crippen molar-refractivity contribution in [2.45, 2.75) is 52.4 Å². The highest BCUT2D eigenvalue weighted by atomic mass is 35.5. The molecule has 0 bridgehead atoms.